The maximum Gasteiger partial charge on any atom is 0.175 e. The van der Waals surface area contributed by atoms with Gasteiger partial charge in [-0.05, 0) is 19.1 Å². The van der Waals surface area contributed by atoms with Crippen molar-refractivity contribution in [2.75, 3.05) is 13.7 Å². The van der Waals surface area contributed by atoms with Crippen molar-refractivity contribution in [3.63, 3.8) is 0 Å². The summed E-state index contributed by atoms with van der Waals surface area (Å²) >= 11 is 5.97. The Hall–Kier alpha value is -1.46. The van der Waals surface area contributed by atoms with Crippen LogP contribution in [0, 0.1) is 0 Å². The molecule has 1 aromatic rings. The highest BCUT2D eigenvalue weighted by Crippen LogP contribution is 2.26. The smallest absolute Gasteiger partial charge is 0.175 e. The largest absolute Gasteiger partial charge is 0.490 e. The molecule has 0 heterocycles. The van der Waals surface area contributed by atoms with Gasteiger partial charge >= 0.3 is 0 Å². The maximum absolute atomic E-state index is 8.68. The molecule has 1 aromatic carbocycles. The van der Waals surface area contributed by atoms with Crippen LogP contribution < -0.4 is 10.5 Å². The molecule has 0 saturated carbocycles. The van der Waals surface area contributed by atoms with E-state index in [9.17, 15) is 0 Å². The van der Waals surface area contributed by atoms with Crippen LogP contribution in [0.15, 0.2) is 23.4 Å². The van der Waals surface area contributed by atoms with Crippen LogP contribution in [0.1, 0.15) is 12.5 Å². The molecule has 5 nitrogen and oxygen atoms in total. The average molecular weight is 259 g/mol. The zero-order chi connectivity index (χ0) is 12.8. The molecule has 6 heteroatoms. The van der Waals surface area contributed by atoms with Crippen molar-refractivity contribution in [3.05, 3.63) is 28.8 Å². The van der Waals surface area contributed by atoms with Gasteiger partial charge in [0.1, 0.15) is 12.4 Å². The quantitative estimate of drug-likeness (QED) is 0.366. The Balaban J connectivity index is 2.95. The Morgan fingerprint density at radius 3 is 2.88 bits per heavy atom. The number of hydrogen-bond donors (Lipinski definition) is 2. The fraction of sp³-hybridized carbons (Fsp3) is 0.364. The Kier molecular flexibility index (Phi) is 5.06. The zero-order valence-electron chi connectivity index (χ0n) is 9.68. The Labute approximate surface area is 105 Å². The van der Waals surface area contributed by atoms with Gasteiger partial charge in [-0.1, -0.05) is 22.8 Å². The summed E-state index contributed by atoms with van der Waals surface area (Å²) in [6.45, 7) is 2.22. The fourth-order valence-electron chi connectivity index (χ4n) is 1.20. The van der Waals surface area contributed by atoms with Crippen LogP contribution in [-0.4, -0.2) is 30.9 Å². The standard InChI is InChI=1S/C11H15ClN2O3/c1-7(16-2)6-17-9-5-3-4-8(12)10(9)11(13)14-15/h3-5,7,15H,6H2,1-2H3,(H2,13,14). The molecular formula is C11H15ClN2O3. The van der Waals surface area contributed by atoms with Gasteiger partial charge in [-0.2, -0.15) is 0 Å². The van der Waals surface area contributed by atoms with E-state index in [-0.39, 0.29) is 11.9 Å². The molecule has 0 aliphatic rings. The number of hydrogen-bond acceptors (Lipinski definition) is 4. The zero-order valence-corrected chi connectivity index (χ0v) is 10.4. The van der Waals surface area contributed by atoms with Crippen LogP contribution in [0.3, 0.4) is 0 Å². The molecule has 0 aromatic heterocycles. The maximum atomic E-state index is 8.68. The summed E-state index contributed by atoms with van der Waals surface area (Å²) in [5.74, 6) is 0.368. The van der Waals surface area contributed by atoms with Gasteiger partial charge in [0.05, 0.1) is 16.7 Å². The molecule has 94 valence electrons. The second-order valence-corrected chi connectivity index (χ2v) is 3.86. The number of rotatable bonds is 5. The van der Waals surface area contributed by atoms with Crippen molar-refractivity contribution >= 4 is 17.4 Å². The monoisotopic (exact) mass is 258 g/mol. The van der Waals surface area contributed by atoms with Gasteiger partial charge in [-0.3, -0.25) is 0 Å². The number of methoxy groups -OCH3 is 1. The summed E-state index contributed by atoms with van der Waals surface area (Å²) in [4.78, 5) is 0. The first-order valence-electron chi connectivity index (χ1n) is 5.02. The number of nitrogens with zero attached hydrogens (tertiary/aromatic N) is 1. The van der Waals surface area contributed by atoms with E-state index >= 15 is 0 Å². The molecule has 0 radical (unpaired) electrons. The van der Waals surface area contributed by atoms with E-state index in [0.29, 0.717) is 22.9 Å². The van der Waals surface area contributed by atoms with E-state index in [0.717, 1.165) is 0 Å². The summed E-state index contributed by atoms with van der Waals surface area (Å²) in [7, 11) is 1.59. The van der Waals surface area contributed by atoms with E-state index in [2.05, 4.69) is 5.16 Å². The molecule has 0 fully saturated rings. The van der Waals surface area contributed by atoms with Gasteiger partial charge in [-0.25, -0.2) is 0 Å². The second kappa shape index (κ2) is 6.32. The molecule has 0 bridgehead atoms. The molecule has 1 rings (SSSR count). The fourth-order valence-corrected chi connectivity index (χ4v) is 1.46. The Bertz CT molecular complexity index is 410. The summed E-state index contributed by atoms with van der Waals surface area (Å²) in [5.41, 5.74) is 5.91. The molecule has 0 spiro atoms. The predicted molar refractivity (Wildman–Crippen MR) is 65.9 cm³/mol. The lowest BCUT2D eigenvalue weighted by Gasteiger charge is -2.14. The Morgan fingerprint density at radius 2 is 2.29 bits per heavy atom. The average Bonchev–Trinajstić information content (AvgIpc) is 2.35. The minimum atomic E-state index is -0.0873. The topological polar surface area (TPSA) is 77.1 Å². The van der Waals surface area contributed by atoms with Crippen LogP contribution in [0.4, 0.5) is 0 Å². The van der Waals surface area contributed by atoms with Gasteiger partial charge in [0.25, 0.3) is 0 Å². The van der Waals surface area contributed by atoms with E-state index in [1.165, 1.54) is 0 Å². The predicted octanol–water partition coefficient (Wildman–Crippen LogP) is 1.85. The van der Waals surface area contributed by atoms with Gasteiger partial charge in [0.15, 0.2) is 5.84 Å². The highest BCUT2D eigenvalue weighted by Gasteiger charge is 2.13. The molecule has 3 N–H and O–H groups in total. The first kappa shape index (κ1) is 13.6. The molecule has 0 aliphatic carbocycles. The van der Waals surface area contributed by atoms with Crippen molar-refractivity contribution in [1.82, 2.24) is 0 Å². The molecule has 0 amide bonds. The third kappa shape index (κ3) is 3.51. The lowest BCUT2D eigenvalue weighted by Crippen LogP contribution is -2.19. The van der Waals surface area contributed by atoms with E-state index < -0.39 is 0 Å². The number of halogens is 1. The van der Waals surface area contributed by atoms with Crippen molar-refractivity contribution < 1.29 is 14.7 Å². The van der Waals surface area contributed by atoms with E-state index in [1.54, 1.807) is 25.3 Å². The SMILES string of the molecule is COC(C)COc1cccc(Cl)c1/C(N)=N/O. The normalized spacial score (nSPS) is 13.5. The van der Waals surface area contributed by atoms with Crippen molar-refractivity contribution in [3.8, 4) is 5.75 Å². The Morgan fingerprint density at radius 1 is 1.59 bits per heavy atom. The van der Waals surface area contributed by atoms with Gasteiger partial charge in [-0.15, -0.1) is 0 Å². The van der Waals surface area contributed by atoms with Crippen molar-refractivity contribution in [1.29, 1.82) is 0 Å². The van der Waals surface area contributed by atoms with Crippen LogP contribution >= 0.6 is 11.6 Å². The highest BCUT2D eigenvalue weighted by atomic mass is 35.5. The molecule has 1 unspecified atom stereocenters. The van der Waals surface area contributed by atoms with Gasteiger partial charge in [0, 0.05) is 7.11 Å². The molecular weight excluding hydrogens is 244 g/mol. The number of ether oxygens (including phenoxy) is 2. The lowest BCUT2D eigenvalue weighted by molar-refractivity contribution is 0.0716. The van der Waals surface area contributed by atoms with Crippen molar-refractivity contribution in [2.24, 2.45) is 10.9 Å². The molecule has 0 aliphatic heterocycles. The van der Waals surface area contributed by atoms with Crippen LogP contribution in [0.5, 0.6) is 5.75 Å². The summed E-state index contributed by atoms with van der Waals surface area (Å²) in [6.07, 6.45) is -0.0610. The van der Waals surface area contributed by atoms with Crippen LogP contribution in [-0.2, 0) is 4.74 Å². The molecule has 0 saturated heterocycles. The molecule has 17 heavy (non-hydrogen) atoms. The van der Waals surface area contributed by atoms with E-state index in [1.807, 2.05) is 6.92 Å². The summed E-state index contributed by atoms with van der Waals surface area (Å²) < 4.78 is 10.6. The minimum Gasteiger partial charge on any atom is -0.490 e. The number of nitrogens with two attached hydrogens (primary N) is 1. The van der Waals surface area contributed by atoms with Gasteiger partial charge < -0.3 is 20.4 Å². The van der Waals surface area contributed by atoms with Crippen LogP contribution in [0.25, 0.3) is 0 Å². The number of benzene rings is 1. The second-order valence-electron chi connectivity index (χ2n) is 3.46. The summed E-state index contributed by atoms with van der Waals surface area (Å²) in [6, 6.07) is 5.06. The van der Waals surface area contributed by atoms with Crippen molar-refractivity contribution in [2.45, 2.75) is 13.0 Å². The minimum absolute atomic E-state index is 0.0610. The number of amidine groups is 1. The highest BCUT2D eigenvalue weighted by molar-refractivity contribution is 6.34. The molecule has 1 atom stereocenters. The lowest BCUT2D eigenvalue weighted by atomic mass is 10.2. The third-order valence-corrected chi connectivity index (χ3v) is 2.53. The van der Waals surface area contributed by atoms with Gasteiger partial charge in [0.2, 0.25) is 0 Å². The first-order valence-corrected chi connectivity index (χ1v) is 5.40. The number of oxime groups is 1. The third-order valence-electron chi connectivity index (χ3n) is 2.22. The summed E-state index contributed by atoms with van der Waals surface area (Å²) in [5, 5.41) is 12.0. The van der Waals surface area contributed by atoms with Crippen LogP contribution in [0.2, 0.25) is 5.02 Å². The van der Waals surface area contributed by atoms with E-state index in [4.69, 9.17) is 32.0 Å². The first-order chi connectivity index (χ1) is 8.10.